The van der Waals surface area contributed by atoms with Gasteiger partial charge in [0.2, 0.25) is 0 Å². The molecule has 0 saturated heterocycles. The smallest absolute Gasteiger partial charge is 0.258 e. The summed E-state index contributed by atoms with van der Waals surface area (Å²) in [6.07, 6.45) is 0.705. The highest BCUT2D eigenvalue weighted by Crippen LogP contribution is 2.25. The van der Waals surface area contributed by atoms with Crippen LogP contribution >= 0.6 is 11.6 Å². The fraction of sp³-hybridized carbons (Fsp3) is 0.105. The van der Waals surface area contributed by atoms with Gasteiger partial charge in [-0.2, -0.15) is 0 Å². The summed E-state index contributed by atoms with van der Waals surface area (Å²) in [5.41, 5.74) is 3.31. The van der Waals surface area contributed by atoms with E-state index in [0.29, 0.717) is 39.2 Å². The van der Waals surface area contributed by atoms with Crippen molar-refractivity contribution in [1.82, 2.24) is 4.98 Å². The normalized spacial score (nSPS) is 10.6. The van der Waals surface area contributed by atoms with Gasteiger partial charge in [-0.1, -0.05) is 35.9 Å². The Morgan fingerprint density at radius 1 is 1.17 bits per heavy atom. The first-order chi connectivity index (χ1) is 11.5. The molecule has 0 radical (unpaired) electrons. The van der Waals surface area contributed by atoms with E-state index in [0.717, 1.165) is 5.56 Å². The number of benzene rings is 2. The monoisotopic (exact) mass is 338 g/mol. The number of rotatable bonds is 3. The number of hydrogen-bond donors (Lipinski definition) is 1. The molecule has 1 amide bonds. The molecule has 0 aliphatic rings. The van der Waals surface area contributed by atoms with E-state index in [1.165, 1.54) is 0 Å². The first kappa shape index (κ1) is 16.1. The van der Waals surface area contributed by atoms with Gasteiger partial charge in [0, 0.05) is 21.7 Å². The van der Waals surface area contributed by atoms with Crippen LogP contribution in [-0.4, -0.2) is 17.2 Å². The molecule has 2 aromatic carbocycles. The van der Waals surface area contributed by atoms with E-state index >= 15 is 0 Å². The minimum Gasteiger partial charge on any atom is -0.322 e. The molecule has 3 rings (SSSR count). The van der Waals surface area contributed by atoms with Crippen LogP contribution < -0.4 is 5.32 Å². The summed E-state index contributed by atoms with van der Waals surface area (Å²) in [5, 5.41) is 4.01. The van der Waals surface area contributed by atoms with E-state index < -0.39 is 0 Å². The van der Waals surface area contributed by atoms with Gasteiger partial charge in [0.15, 0.2) is 6.29 Å². The number of halogens is 1. The molecule has 5 heteroatoms. The quantitative estimate of drug-likeness (QED) is 0.712. The second-order valence-electron chi connectivity index (χ2n) is 5.53. The Balaban J connectivity index is 2.11. The summed E-state index contributed by atoms with van der Waals surface area (Å²) in [5.74, 6) is -0.377. The van der Waals surface area contributed by atoms with Crippen molar-refractivity contribution in [2.75, 3.05) is 5.32 Å². The molecule has 0 spiro atoms. The summed E-state index contributed by atoms with van der Waals surface area (Å²) in [7, 11) is 0. The molecular formula is C19H15ClN2O2. The van der Waals surface area contributed by atoms with E-state index in [2.05, 4.69) is 10.3 Å². The summed E-state index contributed by atoms with van der Waals surface area (Å²) in [6.45, 7) is 3.59. The number of pyridine rings is 1. The van der Waals surface area contributed by atoms with Crippen LogP contribution in [0.4, 0.5) is 5.69 Å². The molecule has 0 fully saturated rings. The number of fused-ring (bicyclic) bond motifs is 1. The van der Waals surface area contributed by atoms with Gasteiger partial charge in [0.25, 0.3) is 5.91 Å². The van der Waals surface area contributed by atoms with Gasteiger partial charge in [0.05, 0.1) is 16.8 Å². The fourth-order valence-corrected chi connectivity index (χ4v) is 2.86. The molecule has 1 N–H and O–H groups in total. The Kier molecular flexibility index (Phi) is 4.32. The number of aldehydes is 1. The van der Waals surface area contributed by atoms with Crippen molar-refractivity contribution in [3.63, 3.8) is 0 Å². The molecule has 120 valence electrons. The van der Waals surface area contributed by atoms with Crippen LogP contribution in [0, 0.1) is 13.8 Å². The molecule has 0 unspecified atom stereocenters. The Morgan fingerprint density at radius 3 is 2.67 bits per heavy atom. The van der Waals surface area contributed by atoms with E-state index in [1.807, 2.05) is 31.2 Å². The number of carbonyl (C=O) groups is 2. The van der Waals surface area contributed by atoms with Gasteiger partial charge in [-0.25, -0.2) is 0 Å². The standard InChI is InChI=1S/C19H15ClN2O2/c1-11-7-8-13(20)9-17(11)22-19(24)18-12(2)21-16-6-4-3-5-14(16)15(18)10-23/h3-10H,1-2H3,(H,22,24). The molecule has 0 atom stereocenters. The van der Waals surface area contributed by atoms with E-state index in [1.54, 1.807) is 25.1 Å². The second kappa shape index (κ2) is 6.42. The molecule has 4 nitrogen and oxygen atoms in total. The van der Waals surface area contributed by atoms with Gasteiger partial charge in [-0.3, -0.25) is 14.6 Å². The highest BCUT2D eigenvalue weighted by Gasteiger charge is 2.19. The lowest BCUT2D eigenvalue weighted by molar-refractivity contribution is 0.101. The second-order valence-corrected chi connectivity index (χ2v) is 5.97. The minimum absolute atomic E-state index is 0.281. The van der Waals surface area contributed by atoms with E-state index in [4.69, 9.17) is 11.6 Å². The van der Waals surface area contributed by atoms with Crippen molar-refractivity contribution in [2.45, 2.75) is 13.8 Å². The third kappa shape index (κ3) is 2.88. The first-order valence-electron chi connectivity index (χ1n) is 7.43. The topological polar surface area (TPSA) is 59.1 Å². The first-order valence-corrected chi connectivity index (χ1v) is 7.81. The number of anilines is 1. The SMILES string of the molecule is Cc1ccc(Cl)cc1NC(=O)c1c(C)nc2ccccc2c1C=O. The molecule has 1 aromatic heterocycles. The van der Waals surface area contributed by atoms with Crippen LogP contribution in [0.15, 0.2) is 42.5 Å². The molecule has 3 aromatic rings. The molecule has 1 heterocycles. The Bertz CT molecular complexity index is 967. The number of amides is 1. The van der Waals surface area contributed by atoms with E-state index in [9.17, 15) is 9.59 Å². The Morgan fingerprint density at radius 2 is 1.92 bits per heavy atom. The Labute approximate surface area is 144 Å². The number of hydrogen-bond acceptors (Lipinski definition) is 3. The zero-order valence-electron chi connectivity index (χ0n) is 13.3. The van der Waals surface area contributed by atoms with Crippen LogP contribution in [-0.2, 0) is 0 Å². The molecule has 24 heavy (non-hydrogen) atoms. The van der Waals surface area contributed by atoms with Crippen molar-refractivity contribution in [3.8, 4) is 0 Å². The third-order valence-electron chi connectivity index (χ3n) is 3.91. The highest BCUT2D eigenvalue weighted by atomic mass is 35.5. The van der Waals surface area contributed by atoms with Crippen LogP contribution in [0.2, 0.25) is 5.02 Å². The third-order valence-corrected chi connectivity index (χ3v) is 4.14. The molecule has 0 bridgehead atoms. The maximum absolute atomic E-state index is 12.8. The number of nitrogens with zero attached hydrogens (tertiary/aromatic N) is 1. The van der Waals surface area contributed by atoms with Crippen LogP contribution in [0.3, 0.4) is 0 Å². The van der Waals surface area contributed by atoms with Crippen molar-refractivity contribution < 1.29 is 9.59 Å². The van der Waals surface area contributed by atoms with Crippen molar-refractivity contribution in [1.29, 1.82) is 0 Å². The maximum Gasteiger partial charge on any atom is 0.258 e. The average Bonchev–Trinajstić information content (AvgIpc) is 2.56. The predicted molar refractivity (Wildman–Crippen MR) is 96.0 cm³/mol. The number of carbonyl (C=O) groups excluding carboxylic acids is 2. The van der Waals surface area contributed by atoms with Crippen LogP contribution in [0.25, 0.3) is 10.9 Å². The van der Waals surface area contributed by atoms with Gasteiger partial charge in [0.1, 0.15) is 0 Å². The molecule has 0 aliphatic carbocycles. The summed E-state index contributed by atoms with van der Waals surface area (Å²) < 4.78 is 0. The maximum atomic E-state index is 12.8. The number of para-hydroxylation sites is 1. The van der Waals surface area contributed by atoms with Gasteiger partial charge in [-0.05, 0) is 37.6 Å². The van der Waals surface area contributed by atoms with Crippen molar-refractivity contribution >= 4 is 40.4 Å². The van der Waals surface area contributed by atoms with Gasteiger partial charge >= 0.3 is 0 Å². The fourth-order valence-electron chi connectivity index (χ4n) is 2.69. The Hall–Kier alpha value is -2.72. The van der Waals surface area contributed by atoms with Crippen LogP contribution in [0.5, 0.6) is 0 Å². The highest BCUT2D eigenvalue weighted by molar-refractivity contribution is 6.31. The molecule has 0 saturated carbocycles. The molecule has 0 aliphatic heterocycles. The lowest BCUT2D eigenvalue weighted by Gasteiger charge is -2.13. The van der Waals surface area contributed by atoms with Crippen molar-refractivity contribution in [3.05, 3.63) is 69.9 Å². The van der Waals surface area contributed by atoms with Gasteiger partial charge in [-0.15, -0.1) is 0 Å². The predicted octanol–water partition coefficient (Wildman–Crippen LogP) is 4.57. The number of aromatic nitrogens is 1. The summed E-state index contributed by atoms with van der Waals surface area (Å²) in [4.78, 5) is 28.9. The zero-order chi connectivity index (χ0) is 17.3. The van der Waals surface area contributed by atoms with Crippen LogP contribution in [0.1, 0.15) is 32.0 Å². The summed E-state index contributed by atoms with van der Waals surface area (Å²) >= 11 is 5.99. The lowest BCUT2D eigenvalue weighted by atomic mass is 10.0. The van der Waals surface area contributed by atoms with E-state index in [-0.39, 0.29) is 11.5 Å². The average molecular weight is 339 g/mol. The summed E-state index contributed by atoms with van der Waals surface area (Å²) in [6, 6.07) is 12.5. The number of aryl methyl sites for hydroxylation is 2. The minimum atomic E-state index is -0.377. The van der Waals surface area contributed by atoms with Gasteiger partial charge < -0.3 is 5.32 Å². The molecular weight excluding hydrogens is 324 g/mol. The number of nitrogens with one attached hydrogen (secondary N) is 1. The lowest BCUT2D eigenvalue weighted by Crippen LogP contribution is -2.17. The van der Waals surface area contributed by atoms with Crippen molar-refractivity contribution in [2.24, 2.45) is 0 Å². The zero-order valence-corrected chi connectivity index (χ0v) is 14.0. The largest absolute Gasteiger partial charge is 0.322 e.